The van der Waals surface area contributed by atoms with Crippen molar-refractivity contribution >= 4 is 46.0 Å². The van der Waals surface area contributed by atoms with Gasteiger partial charge in [-0.25, -0.2) is 0 Å². The van der Waals surface area contributed by atoms with E-state index in [2.05, 4.69) is 45.5 Å². The second-order valence-electron chi connectivity index (χ2n) is 5.75. The van der Waals surface area contributed by atoms with E-state index in [1.807, 2.05) is 6.26 Å². The minimum Gasteiger partial charge on any atom is -0.354 e. The Labute approximate surface area is 151 Å². The van der Waals surface area contributed by atoms with Gasteiger partial charge in [-0.1, -0.05) is 34.5 Å². The summed E-state index contributed by atoms with van der Waals surface area (Å²) in [7, 11) is 0. The predicted molar refractivity (Wildman–Crippen MR) is 101 cm³/mol. The van der Waals surface area contributed by atoms with Gasteiger partial charge >= 0.3 is 0 Å². The zero-order valence-electron chi connectivity index (χ0n) is 12.8. The number of hydrogen-bond donors (Lipinski definition) is 2. The smallest absolute Gasteiger partial charge is 0.236 e. The van der Waals surface area contributed by atoms with Crippen LogP contribution in [0.5, 0.6) is 0 Å². The van der Waals surface area contributed by atoms with Crippen LogP contribution in [0.25, 0.3) is 0 Å². The van der Waals surface area contributed by atoms with Crippen LogP contribution in [0.1, 0.15) is 31.2 Å². The van der Waals surface area contributed by atoms with E-state index < -0.39 is 0 Å². The van der Waals surface area contributed by atoms with Crippen molar-refractivity contribution in [2.24, 2.45) is 5.73 Å². The Morgan fingerprint density at radius 2 is 2.05 bits per heavy atom. The summed E-state index contributed by atoms with van der Waals surface area (Å²) in [5.74, 6) is 0.902. The van der Waals surface area contributed by atoms with E-state index in [1.165, 1.54) is 12.0 Å². The number of benzene rings is 1. The Kier molecular flexibility index (Phi) is 8.25. The summed E-state index contributed by atoms with van der Waals surface area (Å²) in [6.07, 6.45) is 6.26. The summed E-state index contributed by atoms with van der Waals surface area (Å²) >= 11 is 5.19. The van der Waals surface area contributed by atoms with E-state index in [-0.39, 0.29) is 29.8 Å². The van der Waals surface area contributed by atoms with E-state index in [4.69, 9.17) is 5.73 Å². The molecular weight excluding hydrogens is 384 g/mol. The van der Waals surface area contributed by atoms with Crippen molar-refractivity contribution in [2.45, 2.75) is 37.1 Å². The molecule has 22 heavy (non-hydrogen) atoms. The molecule has 3 N–H and O–H groups in total. The van der Waals surface area contributed by atoms with Crippen LogP contribution in [-0.4, -0.2) is 30.5 Å². The van der Waals surface area contributed by atoms with Crippen molar-refractivity contribution < 1.29 is 4.79 Å². The Morgan fingerprint density at radius 3 is 2.55 bits per heavy atom. The van der Waals surface area contributed by atoms with Gasteiger partial charge in [0.15, 0.2) is 0 Å². The Hall–Kier alpha value is -0.230. The lowest BCUT2D eigenvalue weighted by molar-refractivity contribution is -0.122. The van der Waals surface area contributed by atoms with Gasteiger partial charge in [0.25, 0.3) is 0 Å². The molecule has 3 nitrogen and oxygen atoms in total. The van der Waals surface area contributed by atoms with E-state index in [9.17, 15) is 4.79 Å². The second-order valence-corrected chi connectivity index (χ2v) is 7.65. The van der Waals surface area contributed by atoms with E-state index in [1.54, 1.807) is 11.8 Å². The van der Waals surface area contributed by atoms with Crippen LogP contribution in [0.3, 0.4) is 0 Å². The molecule has 1 saturated carbocycles. The predicted octanol–water partition coefficient (Wildman–Crippen LogP) is 3.49. The molecule has 1 atom stereocenters. The molecule has 1 aromatic rings. The van der Waals surface area contributed by atoms with Gasteiger partial charge in [0.05, 0.1) is 6.04 Å². The van der Waals surface area contributed by atoms with Gasteiger partial charge in [-0.2, -0.15) is 11.8 Å². The van der Waals surface area contributed by atoms with E-state index in [0.717, 1.165) is 29.5 Å². The third-order valence-electron chi connectivity index (χ3n) is 4.34. The summed E-state index contributed by atoms with van der Waals surface area (Å²) in [4.78, 5) is 12.1. The number of amides is 1. The fourth-order valence-electron chi connectivity index (χ4n) is 2.74. The molecule has 1 fully saturated rings. The number of halogens is 2. The SMILES string of the molecule is CSCC[C@H](N)C(=O)NCC1(c2ccc(Br)cc2)CCC1.Cl. The summed E-state index contributed by atoms with van der Waals surface area (Å²) in [5, 5.41) is 3.06. The zero-order chi connectivity index (χ0) is 15.3. The molecular formula is C16H24BrClN2OS. The molecule has 0 aromatic heterocycles. The first-order valence-corrected chi connectivity index (χ1v) is 9.54. The quantitative estimate of drug-likeness (QED) is 0.727. The van der Waals surface area contributed by atoms with Crippen molar-refractivity contribution in [2.75, 3.05) is 18.6 Å². The molecule has 1 aliphatic rings. The van der Waals surface area contributed by atoms with Gasteiger partial charge < -0.3 is 11.1 Å². The van der Waals surface area contributed by atoms with Crippen LogP contribution in [0, 0.1) is 0 Å². The molecule has 1 aromatic carbocycles. The molecule has 0 bridgehead atoms. The van der Waals surface area contributed by atoms with Gasteiger partial charge in [0.2, 0.25) is 5.91 Å². The van der Waals surface area contributed by atoms with Crippen molar-refractivity contribution in [1.82, 2.24) is 5.32 Å². The number of hydrogen-bond acceptors (Lipinski definition) is 3. The number of rotatable bonds is 7. The maximum absolute atomic E-state index is 12.1. The minimum absolute atomic E-state index is 0. The normalized spacial score (nSPS) is 17.0. The maximum atomic E-state index is 12.1. The molecule has 6 heteroatoms. The van der Waals surface area contributed by atoms with Crippen molar-refractivity contribution in [1.29, 1.82) is 0 Å². The van der Waals surface area contributed by atoms with Crippen LogP contribution in [0.2, 0.25) is 0 Å². The summed E-state index contributed by atoms with van der Waals surface area (Å²) in [5.41, 5.74) is 7.34. The fourth-order valence-corrected chi connectivity index (χ4v) is 3.49. The zero-order valence-corrected chi connectivity index (χ0v) is 16.0. The van der Waals surface area contributed by atoms with Gasteiger partial charge in [-0.05, 0) is 49.0 Å². The van der Waals surface area contributed by atoms with Crippen molar-refractivity contribution in [3.63, 3.8) is 0 Å². The fraction of sp³-hybridized carbons (Fsp3) is 0.562. The number of nitrogens with two attached hydrogens (primary N) is 1. The van der Waals surface area contributed by atoms with Gasteiger partial charge in [-0.3, -0.25) is 4.79 Å². The van der Waals surface area contributed by atoms with Gasteiger partial charge in [0, 0.05) is 16.4 Å². The standard InChI is InChI=1S/C16H23BrN2OS.ClH/c1-21-10-7-14(18)15(20)19-11-16(8-2-9-16)12-3-5-13(17)6-4-12;/h3-6,14H,2,7-11,18H2,1H3,(H,19,20);1H/t14-;/m0./s1. The average molecular weight is 408 g/mol. The van der Waals surface area contributed by atoms with E-state index in [0.29, 0.717) is 6.54 Å². The van der Waals surface area contributed by atoms with Gasteiger partial charge in [-0.15, -0.1) is 12.4 Å². The molecule has 1 amide bonds. The Balaban J connectivity index is 0.00000242. The Morgan fingerprint density at radius 1 is 1.41 bits per heavy atom. The summed E-state index contributed by atoms with van der Waals surface area (Å²) in [6.45, 7) is 0.695. The first-order valence-electron chi connectivity index (χ1n) is 7.36. The largest absolute Gasteiger partial charge is 0.354 e. The third-order valence-corrected chi connectivity index (χ3v) is 5.51. The monoisotopic (exact) mass is 406 g/mol. The number of nitrogens with one attached hydrogen (secondary N) is 1. The molecule has 124 valence electrons. The van der Waals surface area contributed by atoms with Crippen molar-refractivity contribution in [3.8, 4) is 0 Å². The minimum atomic E-state index is -0.389. The lowest BCUT2D eigenvalue weighted by atomic mass is 9.64. The molecule has 0 unspecified atom stereocenters. The third kappa shape index (κ3) is 4.88. The highest BCUT2D eigenvalue weighted by atomic mass is 79.9. The summed E-state index contributed by atoms with van der Waals surface area (Å²) in [6, 6.07) is 8.06. The summed E-state index contributed by atoms with van der Waals surface area (Å²) < 4.78 is 1.09. The topological polar surface area (TPSA) is 55.1 Å². The molecule has 0 saturated heterocycles. The lowest BCUT2D eigenvalue weighted by Gasteiger charge is -2.42. The average Bonchev–Trinajstić information content (AvgIpc) is 2.45. The lowest BCUT2D eigenvalue weighted by Crippen LogP contribution is -2.49. The van der Waals surface area contributed by atoms with Gasteiger partial charge in [0.1, 0.15) is 0 Å². The van der Waals surface area contributed by atoms with Crippen LogP contribution in [0.4, 0.5) is 0 Å². The molecule has 2 rings (SSSR count). The molecule has 0 heterocycles. The van der Waals surface area contributed by atoms with Crippen LogP contribution in [-0.2, 0) is 10.2 Å². The highest BCUT2D eigenvalue weighted by Crippen LogP contribution is 2.43. The maximum Gasteiger partial charge on any atom is 0.236 e. The number of carbonyl (C=O) groups excluding carboxylic acids is 1. The second kappa shape index (κ2) is 9.16. The molecule has 1 aliphatic carbocycles. The van der Waals surface area contributed by atoms with Crippen LogP contribution < -0.4 is 11.1 Å². The highest BCUT2D eigenvalue weighted by molar-refractivity contribution is 9.10. The molecule has 0 aliphatic heterocycles. The van der Waals surface area contributed by atoms with E-state index >= 15 is 0 Å². The van der Waals surface area contributed by atoms with Crippen molar-refractivity contribution in [3.05, 3.63) is 34.3 Å². The molecule has 0 spiro atoms. The first-order chi connectivity index (χ1) is 10.1. The van der Waals surface area contributed by atoms with Crippen LogP contribution >= 0.6 is 40.1 Å². The first kappa shape index (κ1) is 19.8. The number of thioether (sulfide) groups is 1. The Bertz CT molecular complexity index is 480. The molecule has 0 radical (unpaired) electrons. The van der Waals surface area contributed by atoms with Crippen LogP contribution in [0.15, 0.2) is 28.7 Å². The number of carbonyl (C=O) groups is 1. The highest BCUT2D eigenvalue weighted by Gasteiger charge is 2.39.